The lowest BCUT2D eigenvalue weighted by molar-refractivity contribution is 0.399. The zero-order chi connectivity index (χ0) is 18.8. The van der Waals surface area contributed by atoms with Crippen LogP contribution in [0.2, 0.25) is 0 Å². The van der Waals surface area contributed by atoms with Gasteiger partial charge >= 0.3 is 0 Å². The molecule has 138 valence electrons. The molecule has 0 aliphatic carbocycles. The number of furan rings is 1. The maximum atomic E-state index is 5.76. The van der Waals surface area contributed by atoms with E-state index < -0.39 is 0 Å². The molecule has 7 heteroatoms. The van der Waals surface area contributed by atoms with Crippen molar-refractivity contribution in [3.8, 4) is 11.5 Å². The molecule has 1 aromatic carbocycles. The number of hydrogen-bond acceptors (Lipinski definition) is 5. The maximum absolute atomic E-state index is 5.76. The monoisotopic (exact) mass is 381 g/mol. The van der Waals surface area contributed by atoms with Crippen molar-refractivity contribution in [1.82, 2.24) is 10.3 Å². The predicted molar refractivity (Wildman–Crippen MR) is 106 cm³/mol. The van der Waals surface area contributed by atoms with Gasteiger partial charge in [0.05, 0.1) is 37.9 Å². The molecule has 1 saturated heterocycles. The molecule has 1 N–H and O–H groups in total. The lowest BCUT2D eigenvalue weighted by atomic mass is 10.0. The number of hydrogen-bond donors (Lipinski definition) is 1. The third-order valence-electron chi connectivity index (χ3n) is 4.58. The fourth-order valence-electron chi connectivity index (χ4n) is 3.35. The Morgan fingerprint density at radius 3 is 2.67 bits per heavy atom. The van der Waals surface area contributed by atoms with Crippen LogP contribution in [0.1, 0.15) is 23.5 Å². The summed E-state index contributed by atoms with van der Waals surface area (Å²) in [6.07, 6.45) is 3.43. The minimum absolute atomic E-state index is 0.166. The Labute approximate surface area is 162 Å². The molecule has 0 saturated carbocycles. The molecule has 1 aliphatic rings. The summed E-state index contributed by atoms with van der Waals surface area (Å²) in [7, 11) is 3.27. The van der Waals surface area contributed by atoms with Crippen LogP contribution < -0.4 is 19.7 Å². The van der Waals surface area contributed by atoms with Crippen molar-refractivity contribution in [1.29, 1.82) is 0 Å². The van der Waals surface area contributed by atoms with Crippen LogP contribution in [0.25, 0.3) is 0 Å². The number of anilines is 1. The fourth-order valence-corrected chi connectivity index (χ4v) is 3.69. The first-order valence-electron chi connectivity index (χ1n) is 8.49. The van der Waals surface area contributed by atoms with E-state index in [4.69, 9.17) is 26.1 Å². The van der Waals surface area contributed by atoms with Gasteiger partial charge in [0.25, 0.3) is 0 Å². The highest BCUT2D eigenvalue weighted by atomic mass is 32.1. The second-order valence-corrected chi connectivity index (χ2v) is 6.44. The van der Waals surface area contributed by atoms with Gasteiger partial charge in [-0.1, -0.05) is 6.07 Å². The van der Waals surface area contributed by atoms with Gasteiger partial charge in [-0.2, -0.15) is 0 Å². The van der Waals surface area contributed by atoms with E-state index >= 15 is 0 Å². The molecule has 2 aromatic heterocycles. The van der Waals surface area contributed by atoms with Gasteiger partial charge in [0.15, 0.2) is 5.11 Å². The number of ether oxygens (including phenoxy) is 2. The number of nitrogens with one attached hydrogen (secondary N) is 1. The summed E-state index contributed by atoms with van der Waals surface area (Å²) in [5.41, 5.74) is 1.68. The van der Waals surface area contributed by atoms with Gasteiger partial charge in [-0.15, -0.1) is 0 Å². The van der Waals surface area contributed by atoms with E-state index in [1.54, 1.807) is 26.7 Å². The molecular weight excluding hydrogens is 362 g/mol. The van der Waals surface area contributed by atoms with Crippen molar-refractivity contribution in [3.63, 3.8) is 0 Å². The Morgan fingerprint density at radius 1 is 1.11 bits per heavy atom. The van der Waals surface area contributed by atoms with Gasteiger partial charge < -0.3 is 24.1 Å². The molecule has 0 amide bonds. The normalized spacial score (nSPS) is 19.0. The summed E-state index contributed by atoms with van der Waals surface area (Å²) in [6, 6.07) is 14.9. The van der Waals surface area contributed by atoms with Crippen molar-refractivity contribution in [2.24, 2.45) is 0 Å². The molecule has 2 atom stereocenters. The molecule has 0 spiro atoms. The molecule has 3 heterocycles. The van der Waals surface area contributed by atoms with Gasteiger partial charge in [-0.3, -0.25) is 4.98 Å². The number of thiocarbonyl (C=S) groups is 1. The summed E-state index contributed by atoms with van der Waals surface area (Å²) < 4.78 is 16.7. The van der Waals surface area contributed by atoms with E-state index in [0.717, 1.165) is 17.1 Å². The van der Waals surface area contributed by atoms with Gasteiger partial charge in [0, 0.05) is 12.3 Å². The molecule has 0 bridgehead atoms. The lowest BCUT2D eigenvalue weighted by Crippen LogP contribution is -2.29. The third kappa shape index (κ3) is 3.10. The van der Waals surface area contributed by atoms with Crippen LogP contribution in [0, 0.1) is 0 Å². The Balaban J connectivity index is 1.85. The Morgan fingerprint density at radius 2 is 2.00 bits per heavy atom. The van der Waals surface area contributed by atoms with E-state index in [2.05, 4.69) is 10.3 Å². The summed E-state index contributed by atoms with van der Waals surface area (Å²) in [5.74, 6) is 2.19. The molecule has 3 aromatic rings. The van der Waals surface area contributed by atoms with Crippen LogP contribution in [0.3, 0.4) is 0 Å². The molecule has 4 rings (SSSR count). The zero-order valence-corrected chi connectivity index (χ0v) is 15.8. The largest absolute Gasteiger partial charge is 0.497 e. The van der Waals surface area contributed by atoms with Crippen LogP contribution >= 0.6 is 12.2 Å². The van der Waals surface area contributed by atoms with E-state index in [1.165, 1.54) is 0 Å². The quantitative estimate of drug-likeness (QED) is 0.673. The van der Waals surface area contributed by atoms with Crippen molar-refractivity contribution >= 4 is 23.0 Å². The van der Waals surface area contributed by atoms with Crippen molar-refractivity contribution in [3.05, 3.63) is 72.4 Å². The van der Waals surface area contributed by atoms with Crippen LogP contribution in [0.5, 0.6) is 11.5 Å². The second-order valence-electron chi connectivity index (χ2n) is 6.05. The van der Waals surface area contributed by atoms with E-state index in [9.17, 15) is 0 Å². The number of aromatic nitrogens is 1. The van der Waals surface area contributed by atoms with Gasteiger partial charge in [0.2, 0.25) is 0 Å². The number of benzene rings is 1. The highest BCUT2D eigenvalue weighted by molar-refractivity contribution is 7.80. The van der Waals surface area contributed by atoms with Crippen LogP contribution in [-0.2, 0) is 0 Å². The molecular formula is C20H19N3O3S. The van der Waals surface area contributed by atoms with Gasteiger partial charge in [0.1, 0.15) is 23.3 Å². The number of pyridine rings is 1. The average Bonchev–Trinajstić information content (AvgIpc) is 3.35. The fraction of sp³-hybridized carbons (Fsp3) is 0.200. The van der Waals surface area contributed by atoms with Crippen molar-refractivity contribution in [2.75, 3.05) is 19.1 Å². The summed E-state index contributed by atoms with van der Waals surface area (Å²) >= 11 is 5.69. The summed E-state index contributed by atoms with van der Waals surface area (Å²) in [6.45, 7) is 0. The van der Waals surface area contributed by atoms with Crippen LogP contribution in [-0.4, -0.2) is 24.3 Å². The van der Waals surface area contributed by atoms with Crippen molar-refractivity contribution < 1.29 is 13.9 Å². The molecule has 0 unspecified atom stereocenters. The summed E-state index contributed by atoms with van der Waals surface area (Å²) in [4.78, 5) is 6.51. The van der Waals surface area contributed by atoms with E-state index in [0.29, 0.717) is 16.6 Å². The first-order valence-corrected chi connectivity index (χ1v) is 8.90. The smallest absolute Gasteiger partial charge is 0.174 e. The first-order chi connectivity index (χ1) is 13.2. The second kappa shape index (κ2) is 7.28. The standard InChI is InChI=1S/C20H19N3O3S/c1-24-13-8-9-16(25-2)15(12-13)23-19(17-7-5-11-26-17)18(22-20(23)27)14-6-3-4-10-21-14/h3-12,18-19H,1-2H3,(H,22,27)/t18-,19-/m0/s1. The number of rotatable bonds is 5. The van der Waals surface area contributed by atoms with Gasteiger partial charge in [-0.25, -0.2) is 0 Å². The minimum atomic E-state index is -0.219. The van der Waals surface area contributed by atoms with Crippen molar-refractivity contribution in [2.45, 2.75) is 12.1 Å². The Hall–Kier alpha value is -3.06. The zero-order valence-electron chi connectivity index (χ0n) is 15.0. The van der Waals surface area contributed by atoms with Crippen LogP contribution in [0.15, 0.2) is 65.4 Å². The molecule has 1 aliphatic heterocycles. The molecule has 6 nitrogen and oxygen atoms in total. The summed E-state index contributed by atoms with van der Waals surface area (Å²) in [5, 5.41) is 3.95. The maximum Gasteiger partial charge on any atom is 0.174 e. The Kier molecular flexibility index (Phi) is 4.68. The van der Waals surface area contributed by atoms with Gasteiger partial charge in [-0.05, 0) is 48.6 Å². The number of nitrogens with zero attached hydrogens (tertiary/aromatic N) is 2. The lowest BCUT2D eigenvalue weighted by Gasteiger charge is -2.27. The van der Waals surface area contributed by atoms with E-state index in [-0.39, 0.29) is 12.1 Å². The van der Waals surface area contributed by atoms with E-state index in [1.807, 2.05) is 53.4 Å². The predicted octanol–water partition coefficient (Wildman–Crippen LogP) is 3.87. The highest BCUT2D eigenvalue weighted by Gasteiger charge is 2.43. The average molecular weight is 381 g/mol. The Bertz CT molecular complexity index is 931. The number of methoxy groups -OCH3 is 2. The molecule has 0 radical (unpaired) electrons. The third-order valence-corrected chi connectivity index (χ3v) is 4.89. The first kappa shape index (κ1) is 17.4. The topological polar surface area (TPSA) is 59.8 Å². The van der Waals surface area contributed by atoms with Crippen LogP contribution in [0.4, 0.5) is 5.69 Å². The highest BCUT2D eigenvalue weighted by Crippen LogP contribution is 2.45. The molecule has 1 fully saturated rings. The molecule has 27 heavy (non-hydrogen) atoms. The minimum Gasteiger partial charge on any atom is -0.497 e. The SMILES string of the molecule is COc1ccc(OC)c(N2C(=S)N[C@@H](c3ccccn3)[C@@H]2c2ccco2)c1.